The highest BCUT2D eigenvalue weighted by atomic mass is 32.2. The number of aromatic amines is 1. The normalized spacial score (nSPS) is 16.8. The smallest absolute Gasteiger partial charge is 0.252 e. The van der Waals surface area contributed by atoms with Gasteiger partial charge in [-0.1, -0.05) is 18.2 Å². The summed E-state index contributed by atoms with van der Waals surface area (Å²) in [5.41, 5.74) is 2.99. The predicted molar refractivity (Wildman–Crippen MR) is 129 cm³/mol. The van der Waals surface area contributed by atoms with Crippen LogP contribution in [0.4, 0.5) is 0 Å². The number of aromatic nitrogens is 1. The van der Waals surface area contributed by atoms with E-state index >= 15 is 0 Å². The summed E-state index contributed by atoms with van der Waals surface area (Å²) < 4.78 is 39.7. The van der Waals surface area contributed by atoms with Gasteiger partial charge in [0.1, 0.15) is 0 Å². The lowest BCUT2D eigenvalue weighted by molar-refractivity contribution is -0.0923. The number of aryl methyl sites for hydroxylation is 2. The van der Waals surface area contributed by atoms with Crippen molar-refractivity contribution in [1.29, 1.82) is 0 Å². The lowest BCUT2D eigenvalue weighted by atomic mass is 10.0. The number of H-pyrrole nitrogens is 1. The van der Waals surface area contributed by atoms with E-state index in [1.54, 1.807) is 12.1 Å². The zero-order chi connectivity index (χ0) is 24.5. The van der Waals surface area contributed by atoms with Crippen LogP contribution in [-0.4, -0.2) is 56.0 Å². The quantitative estimate of drug-likeness (QED) is 0.517. The minimum atomic E-state index is -4.05. The molecule has 1 fully saturated rings. The van der Waals surface area contributed by atoms with Crippen molar-refractivity contribution in [2.45, 2.75) is 38.3 Å². The molecule has 34 heavy (non-hydrogen) atoms. The van der Waals surface area contributed by atoms with Crippen LogP contribution in [0.3, 0.4) is 0 Å². The Labute approximate surface area is 198 Å². The van der Waals surface area contributed by atoms with Gasteiger partial charge in [-0.15, -0.1) is 0 Å². The van der Waals surface area contributed by atoms with E-state index in [0.717, 1.165) is 16.5 Å². The summed E-state index contributed by atoms with van der Waals surface area (Å²) in [5, 5.41) is 0.855. The highest BCUT2D eigenvalue weighted by Gasteiger charge is 2.30. The van der Waals surface area contributed by atoms with Gasteiger partial charge in [0.2, 0.25) is 10.0 Å². The number of carbonyl (C=O) groups is 1. The number of sulfonamides is 1. The summed E-state index contributed by atoms with van der Waals surface area (Å²) in [6.07, 6.45) is -0.469. The van der Waals surface area contributed by atoms with Crippen molar-refractivity contribution in [3.8, 4) is 0 Å². The fourth-order valence-corrected chi connectivity index (χ4v) is 5.66. The summed E-state index contributed by atoms with van der Waals surface area (Å²) in [5.74, 6) is -0.232. The summed E-state index contributed by atoms with van der Waals surface area (Å²) in [4.78, 5) is 27.6. The molecule has 0 amide bonds. The Hall–Kier alpha value is -2.85. The minimum absolute atomic E-state index is 0.0109. The maximum Gasteiger partial charge on any atom is 0.252 e. The highest BCUT2D eigenvalue weighted by Crippen LogP contribution is 2.23. The first kappa shape index (κ1) is 24.3. The van der Waals surface area contributed by atoms with Gasteiger partial charge in [-0.05, 0) is 56.2 Å². The van der Waals surface area contributed by atoms with E-state index in [4.69, 9.17) is 9.47 Å². The highest BCUT2D eigenvalue weighted by molar-refractivity contribution is 7.89. The first-order chi connectivity index (χ1) is 16.1. The molecule has 3 aromatic rings. The van der Waals surface area contributed by atoms with Gasteiger partial charge >= 0.3 is 0 Å². The van der Waals surface area contributed by atoms with Gasteiger partial charge in [0, 0.05) is 35.1 Å². The molecule has 0 radical (unpaired) electrons. The number of benzene rings is 2. The van der Waals surface area contributed by atoms with Crippen LogP contribution >= 0.6 is 0 Å². The second kappa shape index (κ2) is 9.79. The maximum atomic E-state index is 13.7. The number of hydrogen-bond donors (Lipinski definition) is 1. The molecule has 1 atom stereocenters. The molecule has 4 rings (SSSR count). The van der Waals surface area contributed by atoms with E-state index < -0.39 is 16.1 Å². The first-order valence-corrected chi connectivity index (χ1v) is 12.5. The van der Waals surface area contributed by atoms with Gasteiger partial charge < -0.3 is 14.5 Å². The molecule has 1 aliphatic rings. The number of fused-ring (bicyclic) bond motifs is 1. The second-order valence-corrected chi connectivity index (χ2v) is 10.6. The summed E-state index contributed by atoms with van der Waals surface area (Å²) in [6.45, 7) is 6.23. The predicted octanol–water partition coefficient (Wildman–Crippen LogP) is 2.95. The zero-order valence-electron chi connectivity index (χ0n) is 19.5. The molecule has 1 aliphatic heterocycles. The van der Waals surface area contributed by atoms with E-state index in [1.165, 1.54) is 29.4 Å². The summed E-state index contributed by atoms with van der Waals surface area (Å²) >= 11 is 0. The summed E-state index contributed by atoms with van der Waals surface area (Å²) in [6, 6.07) is 11.6. The van der Waals surface area contributed by atoms with Gasteiger partial charge in [0.25, 0.3) is 5.56 Å². The average Bonchev–Trinajstić information content (AvgIpc) is 2.80. The third kappa shape index (κ3) is 5.12. The Morgan fingerprint density at radius 1 is 1.15 bits per heavy atom. The maximum absolute atomic E-state index is 13.7. The number of rotatable bonds is 7. The Morgan fingerprint density at radius 2 is 1.94 bits per heavy atom. The first-order valence-electron chi connectivity index (χ1n) is 11.1. The molecule has 2 aromatic carbocycles. The lowest BCUT2D eigenvalue weighted by Gasteiger charge is -2.29. The fraction of sp³-hybridized carbons (Fsp3) is 0.360. The number of nitrogens with zero attached hydrogens (tertiary/aromatic N) is 1. The lowest BCUT2D eigenvalue weighted by Crippen LogP contribution is -2.43. The molecule has 8 nitrogen and oxygen atoms in total. The molecule has 0 aliphatic carbocycles. The standard InChI is InChI=1S/C25H28N2O6S/c1-16-9-17(2)23-12-20(25(29)26-24(23)10-16)13-27(14-21-15-32-7-8-33-21)34(30,31)22-6-4-5-19(11-22)18(3)28/h4-6,9-12,21H,7-8,13-15H2,1-3H3,(H,26,29)/t21-/m0/s1. The van der Waals surface area contributed by atoms with Crippen LogP contribution in [0.15, 0.2) is 52.2 Å². The van der Waals surface area contributed by atoms with Crippen molar-refractivity contribution in [2.24, 2.45) is 0 Å². The number of pyridine rings is 1. The number of ketones is 1. The van der Waals surface area contributed by atoms with Crippen molar-refractivity contribution in [3.63, 3.8) is 0 Å². The molecule has 0 spiro atoms. The van der Waals surface area contributed by atoms with Crippen LogP contribution in [0.2, 0.25) is 0 Å². The molecular formula is C25H28N2O6S. The Bertz CT molecular complexity index is 1390. The molecule has 180 valence electrons. The van der Waals surface area contributed by atoms with Crippen molar-refractivity contribution in [1.82, 2.24) is 9.29 Å². The van der Waals surface area contributed by atoms with E-state index in [9.17, 15) is 18.0 Å². The fourth-order valence-electron chi connectivity index (χ4n) is 4.16. The van der Waals surface area contributed by atoms with Gasteiger partial charge in [-0.2, -0.15) is 4.31 Å². The Balaban J connectivity index is 1.76. The molecule has 0 saturated carbocycles. The average molecular weight is 485 g/mol. The molecular weight excluding hydrogens is 456 g/mol. The zero-order valence-corrected chi connectivity index (χ0v) is 20.3. The SMILES string of the molecule is CC(=O)c1cccc(S(=O)(=O)N(Cc2cc3c(C)cc(C)cc3[nH]c2=O)C[C@H]2COCCO2)c1. The summed E-state index contributed by atoms with van der Waals surface area (Å²) in [7, 11) is -4.05. The van der Waals surface area contributed by atoms with E-state index in [1.807, 2.05) is 26.0 Å². The van der Waals surface area contributed by atoms with Crippen molar-refractivity contribution < 1.29 is 22.7 Å². The van der Waals surface area contributed by atoms with Crippen LogP contribution in [-0.2, 0) is 26.0 Å². The number of hydrogen-bond acceptors (Lipinski definition) is 6. The molecule has 0 bridgehead atoms. The van der Waals surface area contributed by atoms with Crippen molar-refractivity contribution in [3.05, 3.63) is 75.1 Å². The van der Waals surface area contributed by atoms with Gasteiger partial charge in [0.05, 0.1) is 30.8 Å². The number of ether oxygens (including phenoxy) is 2. The monoisotopic (exact) mass is 484 g/mol. The number of nitrogens with one attached hydrogen (secondary N) is 1. The third-order valence-electron chi connectivity index (χ3n) is 5.91. The Kier molecular flexibility index (Phi) is 6.99. The molecule has 1 aromatic heterocycles. The number of carbonyl (C=O) groups excluding carboxylic acids is 1. The van der Waals surface area contributed by atoms with Crippen LogP contribution in [0, 0.1) is 13.8 Å². The third-order valence-corrected chi connectivity index (χ3v) is 7.71. The van der Waals surface area contributed by atoms with Crippen LogP contribution in [0.1, 0.15) is 34.0 Å². The Morgan fingerprint density at radius 3 is 2.65 bits per heavy atom. The van der Waals surface area contributed by atoms with Crippen LogP contribution in [0.5, 0.6) is 0 Å². The van der Waals surface area contributed by atoms with E-state index in [-0.39, 0.29) is 35.9 Å². The molecule has 1 N–H and O–H groups in total. The van der Waals surface area contributed by atoms with E-state index in [2.05, 4.69) is 4.98 Å². The topological polar surface area (TPSA) is 106 Å². The van der Waals surface area contributed by atoms with Crippen LogP contribution in [0.25, 0.3) is 10.9 Å². The minimum Gasteiger partial charge on any atom is -0.376 e. The van der Waals surface area contributed by atoms with Crippen LogP contribution < -0.4 is 5.56 Å². The number of Topliss-reactive ketones (excluding diaryl/α,β-unsaturated/α-hetero) is 1. The van der Waals surface area contributed by atoms with Crippen molar-refractivity contribution >= 4 is 26.7 Å². The molecule has 9 heteroatoms. The van der Waals surface area contributed by atoms with Gasteiger partial charge in [-0.3, -0.25) is 9.59 Å². The largest absolute Gasteiger partial charge is 0.376 e. The van der Waals surface area contributed by atoms with Crippen molar-refractivity contribution in [2.75, 3.05) is 26.4 Å². The second-order valence-electron chi connectivity index (χ2n) is 8.62. The van der Waals surface area contributed by atoms with Gasteiger partial charge in [0.15, 0.2) is 5.78 Å². The molecule has 2 heterocycles. The van der Waals surface area contributed by atoms with Gasteiger partial charge in [-0.25, -0.2) is 8.42 Å². The van der Waals surface area contributed by atoms with E-state index in [0.29, 0.717) is 29.9 Å². The molecule has 0 unspecified atom stereocenters. The molecule has 1 saturated heterocycles.